The van der Waals surface area contributed by atoms with Crippen LogP contribution in [0.25, 0.3) is 6.08 Å². The quantitative estimate of drug-likeness (QED) is 0.645. The van der Waals surface area contributed by atoms with Crippen LogP contribution in [0.15, 0.2) is 51.7 Å². The lowest BCUT2D eigenvalue weighted by Gasteiger charge is -2.03. The average Bonchev–Trinajstić information content (AvgIpc) is 3.10. The van der Waals surface area contributed by atoms with Crippen LogP contribution in [0.4, 0.5) is 0 Å². The number of esters is 1. The van der Waals surface area contributed by atoms with Crippen molar-refractivity contribution in [3.05, 3.63) is 58.6 Å². The van der Waals surface area contributed by atoms with Crippen LogP contribution in [-0.4, -0.2) is 19.0 Å². The van der Waals surface area contributed by atoms with Crippen molar-refractivity contribution in [3.8, 4) is 5.75 Å². The van der Waals surface area contributed by atoms with Gasteiger partial charge >= 0.3 is 5.97 Å². The highest BCUT2D eigenvalue weighted by Crippen LogP contribution is 2.27. The fourth-order valence-electron chi connectivity index (χ4n) is 1.85. The minimum Gasteiger partial charge on any atom is -0.495 e. The third-order valence-electron chi connectivity index (χ3n) is 2.83. The summed E-state index contributed by atoms with van der Waals surface area (Å²) in [5.74, 6) is 0.580. The normalized spacial score (nSPS) is 16.0. The highest BCUT2D eigenvalue weighted by molar-refractivity contribution is 6.32. The third kappa shape index (κ3) is 2.68. The molecule has 0 saturated heterocycles. The molecule has 0 radical (unpaired) electrons. The van der Waals surface area contributed by atoms with Crippen molar-refractivity contribution in [1.82, 2.24) is 0 Å². The molecule has 2 heterocycles. The maximum Gasteiger partial charge on any atom is 0.363 e. The first-order valence-corrected chi connectivity index (χ1v) is 6.45. The van der Waals surface area contributed by atoms with E-state index in [4.69, 9.17) is 25.5 Å². The van der Waals surface area contributed by atoms with Crippen LogP contribution >= 0.6 is 11.6 Å². The van der Waals surface area contributed by atoms with Crippen LogP contribution in [0.2, 0.25) is 5.02 Å². The lowest BCUT2D eigenvalue weighted by molar-refractivity contribution is -0.130. The average molecular weight is 304 g/mol. The van der Waals surface area contributed by atoms with Crippen molar-refractivity contribution < 1.29 is 18.7 Å². The Bertz CT molecular complexity index is 747. The molecule has 3 rings (SSSR count). The number of cyclic esters (lactones) is 1. The zero-order valence-corrected chi connectivity index (χ0v) is 11.8. The molecule has 0 unspecified atom stereocenters. The Kier molecular flexibility index (Phi) is 3.50. The molecular weight excluding hydrogens is 294 g/mol. The van der Waals surface area contributed by atoms with E-state index in [0.29, 0.717) is 16.5 Å². The Morgan fingerprint density at radius 1 is 1.33 bits per heavy atom. The number of carbonyl (C=O) groups excluding carboxylic acids is 1. The van der Waals surface area contributed by atoms with Gasteiger partial charge in [0, 0.05) is 0 Å². The first kappa shape index (κ1) is 13.5. The van der Waals surface area contributed by atoms with Gasteiger partial charge < -0.3 is 13.9 Å². The van der Waals surface area contributed by atoms with Crippen molar-refractivity contribution in [1.29, 1.82) is 0 Å². The predicted octanol–water partition coefficient (Wildman–Crippen LogP) is 3.29. The summed E-state index contributed by atoms with van der Waals surface area (Å²) < 4.78 is 15.3. The van der Waals surface area contributed by atoms with Crippen molar-refractivity contribution in [2.75, 3.05) is 7.11 Å². The first-order chi connectivity index (χ1) is 10.2. The molecule has 106 valence electrons. The summed E-state index contributed by atoms with van der Waals surface area (Å²) in [6.45, 7) is 0. The van der Waals surface area contributed by atoms with Gasteiger partial charge in [-0.1, -0.05) is 17.7 Å². The number of nitrogens with zero attached hydrogens (tertiary/aromatic N) is 1. The molecule has 6 heteroatoms. The SMILES string of the molecule is COc1ccc(C=C2N=C(c3ccco3)OC2=O)cc1Cl. The van der Waals surface area contributed by atoms with Crippen molar-refractivity contribution >= 4 is 29.5 Å². The summed E-state index contributed by atoms with van der Waals surface area (Å²) in [5.41, 5.74) is 0.903. The van der Waals surface area contributed by atoms with E-state index in [9.17, 15) is 4.79 Å². The number of methoxy groups -OCH3 is 1. The molecule has 0 spiro atoms. The number of furan rings is 1. The van der Waals surface area contributed by atoms with Crippen molar-refractivity contribution in [2.45, 2.75) is 0 Å². The van der Waals surface area contributed by atoms with Gasteiger partial charge in [-0.2, -0.15) is 0 Å². The van der Waals surface area contributed by atoms with Gasteiger partial charge in [0.25, 0.3) is 5.90 Å². The van der Waals surface area contributed by atoms with E-state index in [1.807, 2.05) is 0 Å². The summed E-state index contributed by atoms with van der Waals surface area (Å²) in [7, 11) is 1.54. The number of ether oxygens (including phenoxy) is 2. The van der Waals surface area contributed by atoms with Crippen LogP contribution < -0.4 is 4.74 Å². The standard InChI is InChI=1S/C15H10ClNO4/c1-19-12-5-4-9(7-10(12)16)8-11-15(18)21-14(17-11)13-3-2-6-20-13/h2-8H,1H3. The summed E-state index contributed by atoms with van der Waals surface area (Å²) in [6.07, 6.45) is 3.07. The molecule has 1 aromatic heterocycles. The molecule has 1 aromatic carbocycles. The second-order valence-electron chi connectivity index (χ2n) is 4.21. The van der Waals surface area contributed by atoms with Crippen LogP contribution in [0.1, 0.15) is 11.3 Å². The lowest BCUT2D eigenvalue weighted by Crippen LogP contribution is -2.04. The van der Waals surface area contributed by atoms with E-state index < -0.39 is 5.97 Å². The Morgan fingerprint density at radius 3 is 2.86 bits per heavy atom. The Morgan fingerprint density at radius 2 is 2.19 bits per heavy atom. The number of carbonyl (C=O) groups is 1. The fourth-order valence-corrected chi connectivity index (χ4v) is 2.11. The van der Waals surface area contributed by atoms with Gasteiger partial charge in [-0.25, -0.2) is 9.79 Å². The Labute approximate surface area is 125 Å². The largest absolute Gasteiger partial charge is 0.495 e. The lowest BCUT2D eigenvalue weighted by atomic mass is 10.2. The zero-order valence-electron chi connectivity index (χ0n) is 11.0. The summed E-state index contributed by atoms with van der Waals surface area (Å²) >= 11 is 6.04. The minimum absolute atomic E-state index is 0.149. The van der Waals surface area contributed by atoms with Gasteiger partial charge in [0.1, 0.15) is 5.75 Å². The van der Waals surface area contributed by atoms with Crippen molar-refractivity contribution in [2.24, 2.45) is 4.99 Å². The highest BCUT2D eigenvalue weighted by atomic mass is 35.5. The molecule has 1 aliphatic heterocycles. The van der Waals surface area contributed by atoms with Gasteiger partial charge in [-0.3, -0.25) is 0 Å². The van der Waals surface area contributed by atoms with Gasteiger partial charge in [0.15, 0.2) is 11.5 Å². The maximum absolute atomic E-state index is 11.8. The van der Waals surface area contributed by atoms with Crippen LogP contribution in [-0.2, 0) is 9.53 Å². The molecule has 0 aliphatic carbocycles. The fraction of sp³-hybridized carbons (Fsp3) is 0.0667. The Hall–Kier alpha value is -2.53. The molecule has 0 amide bonds. The molecule has 21 heavy (non-hydrogen) atoms. The zero-order chi connectivity index (χ0) is 14.8. The van der Waals surface area contributed by atoms with E-state index in [0.717, 1.165) is 5.56 Å². The van der Waals surface area contributed by atoms with Crippen LogP contribution in [0, 0.1) is 0 Å². The minimum atomic E-state index is -0.534. The predicted molar refractivity (Wildman–Crippen MR) is 77.3 cm³/mol. The van der Waals surface area contributed by atoms with Crippen molar-refractivity contribution in [3.63, 3.8) is 0 Å². The topological polar surface area (TPSA) is 61.0 Å². The summed E-state index contributed by atoms with van der Waals surface area (Å²) in [5, 5.41) is 0.452. The smallest absolute Gasteiger partial charge is 0.363 e. The molecule has 0 saturated carbocycles. The second kappa shape index (κ2) is 5.46. The van der Waals surface area contributed by atoms with E-state index in [1.165, 1.54) is 13.4 Å². The molecule has 0 atom stereocenters. The van der Waals surface area contributed by atoms with Gasteiger partial charge in [0.2, 0.25) is 0 Å². The van der Waals surface area contributed by atoms with Crippen LogP contribution in [0.5, 0.6) is 5.75 Å². The summed E-state index contributed by atoms with van der Waals surface area (Å²) in [6, 6.07) is 8.52. The number of hydrogen-bond donors (Lipinski definition) is 0. The van der Waals surface area contributed by atoms with Crippen LogP contribution in [0.3, 0.4) is 0 Å². The first-order valence-electron chi connectivity index (χ1n) is 6.07. The van der Waals surface area contributed by atoms with Gasteiger partial charge in [-0.15, -0.1) is 0 Å². The number of halogens is 1. The van der Waals surface area contributed by atoms with E-state index in [-0.39, 0.29) is 11.6 Å². The number of rotatable bonds is 3. The monoisotopic (exact) mass is 303 g/mol. The molecule has 0 bridgehead atoms. The molecule has 1 aliphatic rings. The second-order valence-corrected chi connectivity index (χ2v) is 4.61. The molecular formula is C15H10ClNO4. The number of hydrogen-bond acceptors (Lipinski definition) is 5. The van der Waals surface area contributed by atoms with E-state index in [1.54, 1.807) is 36.4 Å². The van der Waals surface area contributed by atoms with E-state index in [2.05, 4.69) is 4.99 Å². The maximum atomic E-state index is 11.8. The van der Waals surface area contributed by atoms with E-state index >= 15 is 0 Å². The molecule has 5 nitrogen and oxygen atoms in total. The number of benzene rings is 1. The highest BCUT2D eigenvalue weighted by Gasteiger charge is 2.25. The van der Waals surface area contributed by atoms with Gasteiger partial charge in [0.05, 0.1) is 18.4 Å². The molecule has 0 fully saturated rings. The van der Waals surface area contributed by atoms with Gasteiger partial charge in [-0.05, 0) is 35.9 Å². The molecule has 0 N–H and O–H groups in total. The summed E-state index contributed by atoms with van der Waals surface area (Å²) in [4.78, 5) is 15.9. The Balaban J connectivity index is 1.92. The molecule has 2 aromatic rings. The third-order valence-corrected chi connectivity index (χ3v) is 3.13. The number of aliphatic imine (C=N–C) groups is 1.